The van der Waals surface area contributed by atoms with E-state index >= 15 is 0 Å². The first-order valence-corrected chi connectivity index (χ1v) is 7.07. The topological polar surface area (TPSA) is 3.24 Å². The number of fused-ring (bicyclic) bond motifs is 1. The Labute approximate surface area is 128 Å². The molecule has 0 aromatic heterocycles. The molecule has 1 aliphatic carbocycles. The van der Waals surface area contributed by atoms with Crippen LogP contribution in [-0.4, -0.2) is 19.0 Å². The van der Waals surface area contributed by atoms with Crippen molar-refractivity contribution in [2.45, 2.75) is 24.8 Å². The third-order valence-electron chi connectivity index (χ3n) is 4.28. The van der Waals surface area contributed by atoms with Crippen molar-refractivity contribution < 1.29 is 0 Å². The van der Waals surface area contributed by atoms with Gasteiger partial charge in [0, 0.05) is 12.0 Å². The maximum atomic E-state index is 2.35. The van der Waals surface area contributed by atoms with E-state index in [1.165, 1.54) is 29.5 Å². The van der Waals surface area contributed by atoms with Gasteiger partial charge in [-0.15, -0.1) is 12.4 Å². The van der Waals surface area contributed by atoms with Gasteiger partial charge in [0.15, 0.2) is 0 Å². The van der Waals surface area contributed by atoms with Gasteiger partial charge in [-0.05, 0) is 43.6 Å². The normalized spacial score (nSPS) is 21.1. The molecule has 0 saturated carbocycles. The van der Waals surface area contributed by atoms with Crippen LogP contribution in [0.25, 0.3) is 0 Å². The van der Waals surface area contributed by atoms with E-state index in [2.05, 4.69) is 73.6 Å². The van der Waals surface area contributed by atoms with Crippen LogP contribution in [0.15, 0.2) is 54.6 Å². The zero-order valence-electron chi connectivity index (χ0n) is 12.1. The van der Waals surface area contributed by atoms with Gasteiger partial charge in [0.2, 0.25) is 0 Å². The summed E-state index contributed by atoms with van der Waals surface area (Å²) in [7, 11) is 4.37. The minimum Gasteiger partial charge on any atom is -0.302 e. The average molecular weight is 288 g/mol. The Morgan fingerprint density at radius 2 is 1.40 bits per heavy atom. The first-order chi connectivity index (χ1) is 9.27. The molecule has 0 fully saturated rings. The Kier molecular flexibility index (Phi) is 4.85. The predicted octanol–water partition coefficient (Wildman–Crippen LogP) is 4.64. The molecule has 0 radical (unpaired) electrons. The van der Waals surface area contributed by atoms with E-state index in [1.807, 2.05) is 0 Å². The van der Waals surface area contributed by atoms with Crippen molar-refractivity contribution in [3.63, 3.8) is 0 Å². The molecular formula is C18H22ClN. The zero-order chi connectivity index (χ0) is 13.2. The lowest BCUT2D eigenvalue weighted by molar-refractivity contribution is 0.263. The highest BCUT2D eigenvalue weighted by atomic mass is 35.5. The number of nitrogens with zero attached hydrogens (tertiary/aromatic N) is 1. The molecule has 2 aromatic carbocycles. The molecule has 1 aliphatic rings. The van der Waals surface area contributed by atoms with Gasteiger partial charge in [-0.1, -0.05) is 54.6 Å². The zero-order valence-corrected chi connectivity index (χ0v) is 12.9. The lowest BCUT2D eigenvalue weighted by Crippen LogP contribution is -2.26. The standard InChI is InChI=1S/C18H21N.ClH/c1-19(2)18-13-12-15(14-8-4-3-5-9-14)16-10-6-7-11-17(16)18;/h3-11,15,18H,12-13H2,1-2H3;1H/t15-,18+;/m1./s1. The molecule has 2 atom stereocenters. The van der Waals surface area contributed by atoms with Crippen molar-refractivity contribution in [2.75, 3.05) is 14.1 Å². The molecule has 0 saturated heterocycles. The molecule has 106 valence electrons. The van der Waals surface area contributed by atoms with E-state index in [1.54, 1.807) is 0 Å². The molecule has 3 rings (SSSR count). The summed E-state index contributed by atoms with van der Waals surface area (Å²) >= 11 is 0. The summed E-state index contributed by atoms with van der Waals surface area (Å²) in [4.78, 5) is 2.35. The Morgan fingerprint density at radius 3 is 2.05 bits per heavy atom. The Hall–Kier alpha value is -1.31. The maximum absolute atomic E-state index is 2.35. The van der Waals surface area contributed by atoms with Crippen molar-refractivity contribution in [1.29, 1.82) is 0 Å². The summed E-state index contributed by atoms with van der Waals surface area (Å²) in [5.41, 5.74) is 4.47. The number of rotatable bonds is 2. The first kappa shape index (κ1) is 15.1. The summed E-state index contributed by atoms with van der Waals surface area (Å²) < 4.78 is 0. The second-order valence-electron chi connectivity index (χ2n) is 5.65. The number of benzene rings is 2. The quantitative estimate of drug-likeness (QED) is 0.778. The van der Waals surface area contributed by atoms with Crippen molar-refractivity contribution in [3.8, 4) is 0 Å². The summed E-state index contributed by atoms with van der Waals surface area (Å²) in [5.74, 6) is 0.564. The highest BCUT2D eigenvalue weighted by Crippen LogP contribution is 2.42. The van der Waals surface area contributed by atoms with Crippen LogP contribution in [0.2, 0.25) is 0 Å². The van der Waals surface area contributed by atoms with Crippen molar-refractivity contribution in [1.82, 2.24) is 4.90 Å². The fourth-order valence-electron chi connectivity index (χ4n) is 3.34. The van der Waals surface area contributed by atoms with Gasteiger partial charge in [-0.3, -0.25) is 0 Å². The van der Waals surface area contributed by atoms with E-state index in [-0.39, 0.29) is 12.4 Å². The SMILES string of the molecule is CN(C)[C@H]1CC[C@H](c2ccccc2)c2ccccc21.Cl. The van der Waals surface area contributed by atoms with Crippen LogP contribution in [0.1, 0.15) is 41.5 Å². The van der Waals surface area contributed by atoms with Gasteiger partial charge in [-0.25, -0.2) is 0 Å². The Balaban J connectivity index is 0.00000147. The summed E-state index contributed by atoms with van der Waals surface area (Å²) in [6.07, 6.45) is 2.48. The van der Waals surface area contributed by atoms with Crippen molar-refractivity contribution in [3.05, 3.63) is 71.3 Å². The summed E-state index contributed by atoms with van der Waals surface area (Å²) in [6.45, 7) is 0. The number of hydrogen-bond acceptors (Lipinski definition) is 1. The molecule has 1 nitrogen and oxygen atoms in total. The molecular weight excluding hydrogens is 266 g/mol. The van der Waals surface area contributed by atoms with E-state index < -0.39 is 0 Å². The lowest BCUT2D eigenvalue weighted by atomic mass is 9.76. The van der Waals surface area contributed by atoms with Gasteiger partial charge in [0.1, 0.15) is 0 Å². The maximum Gasteiger partial charge on any atom is 0.0345 e. The van der Waals surface area contributed by atoms with Gasteiger partial charge >= 0.3 is 0 Å². The third-order valence-corrected chi connectivity index (χ3v) is 4.28. The Morgan fingerprint density at radius 1 is 0.800 bits per heavy atom. The van der Waals surface area contributed by atoms with Crippen molar-refractivity contribution in [2.24, 2.45) is 0 Å². The van der Waals surface area contributed by atoms with Crippen LogP contribution in [0.3, 0.4) is 0 Å². The fourth-order valence-corrected chi connectivity index (χ4v) is 3.34. The van der Waals surface area contributed by atoms with Crippen LogP contribution in [0, 0.1) is 0 Å². The van der Waals surface area contributed by atoms with Crippen LogP contribution < -0.4 is 0 Å². The molecule has 0 heterocycles. The van der Waals surface area contributed by atoms with Crippen LogP contribution in [0.5, 0.6) is 0 Å². The van der Waals surface area contributed by atoms with E-state index in [4.69, 9.17) is 0 Å². The predicted molar refractivity (Wildman–Crippen MR) is 87.6 cm³/mol. The summed E-state index contributed by atoms with van der Waals surface area (Å²) in [6, 6.07) is 20.4. The smallest absolute Gasteiger partial charge is 0.0345 e. The highest BCUT2D eigenvalue weighted by Gasteiger charge is 2.28. The second-order valence-corrected chi connectivity index (χ2v) is 5.65. The molecule has 0 aliphatic heterocycles. The molecule has 0 N–H and O–H groups in total. The van der Waals surface area contributed by atoms with Crippen molar-refractivity contribution >= 4 is 12.4 Å². The lowest BCUT2D eigenvalue weighted by Gasteiger charge is -2.35. The number of hydrogen-bond donors (Lipinski definition) is 0. The second kappa shape index (κ2) is 6.43. The molecule has 2 heteroatoms. The van der Waals surface area contributed by atoms with Gasteiger partial charge in [0.25, 0.3) is 0 Å². The molecule has 0 amide bonds. The Bertz CT molecular complexity index is 550. The van der Waals surface area contributed by atoms with Crippen LogP contribution in [-0.2, 0) is 0 Å². The van der Waals surface area contributed by atoms with Gasteiger partial charge in [0.05, 0.1) is 0 Å². The van der Waals surface area contributed by atoms with E-state index in [0.717, 1.165) is 0 Å². The largest absolute Gasteiger partial charge is 0.302 e. The van der Waals surface area contributed by atoms with Gasteiger partial charge < -0.3 is 4.90 Å². The molecule has 0 spiro atoms. The van der Waals surface area contributed by atoms with Crippen LogP contribution >= 0.6 is 12.4 Å². The first-order valence-electron chi connectivity index (χ1n) is 7.07. The molecule has 0 unspecified atom stereocenters. The van der Waals surface area contributed by atoms with Crippen LogP contribution in [0.4, 0.5) is 0 Å². The molecule has 0 bridgehead atoms. The third kappa shape index (κ3) is 2.74. The fraction of sp³-hybridized carbons (Fsp3) is 0.333. The van der Waals surface area contributed by atoms with E-state index in [0.29, 0.717) is 12.0 Å². The average Bonchev–Trinajstić information content (AvgIpc) is 2.47. The van der Waals surface area contributed by atoms with E-state index in [9.17, 15) is 0 Å². The number of halogens is 1. The molecule has 20 heavy (non-hydrogen) atoms. The molecule has 2 aromatic rings. The minimum atomic E-state index is 0. The summed E-state index contributed by atoms with van der Waals surface area (Å²) in [5, 5.41) is 0. The van der Waals surface area contributed by atoms with Gasteiger partial charge in [-0.2, -0.15) is 0 Å². The monoisotopic (exact) mass is 287 g/mol. The minimum absolute atomic E-state index is 0. The highest BCUT2D eigenvalue weighted by molar-refractivity contribution is 5.85.